The zero-order chi connectivity index (χ0) is 27.3. The van der Waals surface area contributed by atoms with Crippen molar-refractivity contribution in [3.05, 3.63) is 0 Å². The van der Waals surface area contributed by atoms with Gasteiger partial charge in [-0.2, -0.15) is 0 Å². The lowest BCUT2D eigenvalue weighted by Gasteiger charge is -2.37. The van der Waals surface area contributed by atoms with Crippen LogP contribution < -0.4 is 0 Å². The summed E-state index contributed by atoms with van der Waals surface area (Å²) >= 11 is 0. The summed E-state index contributed by atoms with van der Waals surface area (Å²) in [7, 11) is 0. The fraction of sp³-hybridized carbons (Fsp3) is 1.00. The molecule has 0 rings (SSSR count). The van der Waals surface area contributed by atoms with Crippen molar-refractivity contribution in [3.8, 4) is 0 Å². The van der Waals surface area contributed by atoms with Crippen LogP contribution in [0.25, 0.3) is 0 Å². The first-order valence-electron chi connectivity index (χ1n) is 17.9. The molecule has 0 saturated carbocycles. The molecule has 0 heterocycles. The third-order valence-corrected chi connectivity index (χ3v) is 9.00. The lowest BCUT2D eigenvalue weighted by molar-refractivity contribution is -0.0457. The van der Waals surface area contributed by atoms with Gasteiger partial charge in [0.2, 0.25) is 0 Å². The van der Waals surface area contributed by atoms with E-state index in [4.69, 9.17) is 0 Å². The molecule has 1 heteroatoms. The largest absolute Gasteiger partial charge is 0.390 e. The smallest absolute Gasteiger partial charge is 0.0675 e. The van der Waals surface area contributed by atoms with Gasteiger partial charge in [0.1, 0.15) is 0 Å². The van der Waals surface area contributed by atoms with E-state index in [1.165, 1.54) is 180 Å². The van der Waals surface area contributed by atoms with E-state index in [9.17, 15) is 5.11 Å². The Bertz CT molecular complexity index is 401. The van der Waals surface area contributed by atoms with Crippen molar-refractivity contribution in [3.63, 3.8) is 0 Å². The molecule has 0 saturated heterocycles. The Balaban J connectivity index is 4.89. The third kappa shape index (κ3) is 23.6. The van der Waals surface area contributed by atoms with Crippen molar-refractivity contribution in [1.29, 1.82) is 0 Å². The molecule has 1 N–H and O–H groups in total. The second-order valence-corrected chi connectivity index (χ2v) is 12.7. The number of hydrogen-bond donors (Lipinski definition) is 1. The second-order valence-electron chi connectivity index (χ2n) is 12.7. The normalized spacial score (nSPS) is 12.9. The Hall–Kier alpha value is -0.0400. The van der Waals surface area contributed by atoms with Crippen LogP contribution in [0.5, 0.6) is 0 Å². The maximum absolute atomic E-state index is 12.2. The summed E-state index contributed by atoms with van der Waals surface area (Å²) < 4.78 is 0. The van der Waals surface area contributed by atoms with Gasteiger partial charge in [0.05, 0.1) is 5.60 Å². The molecule has 0 bridgehead atoms. The summed E-state index contributed by atoms with van der Waals surface area (Å²) in [5.74, 6) is 0.532. The highest BCUT2D eigenvalue weighted by atomic mass is 16.3. The molecule has 0 radical (unpaired) electrons. The lowest BCUT2D eigenvalue weighted by Crippen LogP contribution is -2.38. The van der Waals surface area contributed by atoms with Gasteiger partial charge in [0, 0.05) is 0 Å². The van der Waals surface area contributed by atoms with E-state index in [1.54, 1.807) is 0 Å². The zero-order valence-electron chi connectivity index (χ0n) is 26.7. The van der Waals surface area contributed by atoms with Gasteiger partial charge in [-0.1, -0.05) is 195 Å². The standard InChI is InChI=1S/C36H74O/c1-5-9-13-17-21-22-24-28-32-35(31-27-23-18-14-10-6-2)36(37,33-29-25-19-15-11-7-3)34-30-26-20-16-12-8-4/h35,37H,5-34H2,1-4H3. The molecule has 0 aliphatic rings. The van der Waals surface area contributed by atoms with Crippen molar-refractivity contribution < 1.29 is 5.11 Å². The minimum atomic E-state index is -0.403. The van der Waals surface area contributed by atoms with Crippen LogP contribution in [0.2, 0.25) is 0 Å². The molecule has 0 amide bonds. The first-order valence-corrected chi connectivity index (χ1v) is 17.9. The summed E-state index contributed by atoms with van der Waals surface area (Å²) in [6.45, 7) is 9.22. The number of unbranched alkanes of at least 4 members (excludes halogenated alkanes) is 22. The molecule has 1 nitrogen and oxygen atoms in total. The maximum Gasteiger partial charge on any atom is 0.0675 e. The molecular weight excluding hydrogens is 448 g/mol. The van der Waals surface area contributed by atoms with E-state index in [0.717, 1.165) is 12.8 Å². The molecule has 0 aromatic rings. The average Bonchev–Trinajstić information content (AvgIpc) is 2.90. The summed E-state index contributed by atoms with van der Waals surface area (Å²) in [6.07, 6.45) is 40.0. The predicted molar refractivity (Wildman–Crippen MR) is 170 cm³/mol. The molecule has 0 spiro atoms. The van der Waals surface area contributed by atoms with Crippen LogP contribution in [0, 0.1) is 5.92 Å². The fourth-order valence-corrected chi connectivity index (χ4v) is 6.33. The highest BCUT2D eigenvalue weighted by Crippen LogP contribution is 2.37. The average molecular weight is 523 g/mol. The van der Waals surface area contributed by atoms with Gasteiger partial charge >= 0.3 is 0 Å². The van der Waals surface area contributed by atoms with Crippen molar-refractivity contribution in [1.82, 2.24) is 0 Å². The molecule has 224 valence electrons. The fourth-order valence-electron chi connectivity index (χ4n) is 6.33. The molecule has 0 aromatic heterocycles. The summed E-state index contributed by atoms with van der Waals surface area (Å²) in [4.78, 5) is 0. The van der Waals surface area contributed by atoms with Crippen molar-refractivity contribution in [2.45, 2.75) is 226 Å². The lowest BCUT2D eigenvalue weighted by atomic mass is 9.74. The van der Waals surface area contributed by atoms with E-state index in [0.29, 0.717) is 5.92 Å². The third-order valence-electron chi connectivity index (χ3n) is 9.00. The Morgan fingerprint density at radius 2 is 0.595 bits per heavy atom. The van der Waals surface area contributed by atoms with E-state index in [1.807, 2.05) is 0 Å². The molecule has 0 aliphatic carbocycles. The Morgan fingerprint density at radius 3 is 0.892 bits per heavy atom. The summed E-state index contributed by atoms with van der Waals surface area (Å²) in [5, 5.41) is 12.2. The molecule has 0 aliphatic heterocycles. The topological polar surface area (TPSA) is 20.2 Å². The van der Waals surface area contributed by atoms with Gasteiger partial charge in [-0.25, -0.2) is 0 Å². The number of hydrogen-bond acceptors (Lipinski definition) is 1. The van der Waals surface area contributed by atoms with E-state index < -0.39 is 5.60 Å². The van der Waals surface area contributed by atoms with Crippen LogP contribution in [0.3, 0.4) is 0 Å². The van der Waals surface area contributed by atoms with Crippen LogP contribution in [0.4, 0.5) is 0 Å². The highest BCUT2D eigenvalue weighted by Gasteiger charge is 2.34. The van der Waals surface area contributed by atoms with Crippen LogP contribution in [-0.2, 0) is 0 Å². The monoisotopic (exact) mass is 523 g/mol. The van der Waals surface area contributed by atoms with Gasteiger partial charge < -0.3 is 5.11 Å². The predicted octanol–water partition coefficient (Wildman–Crippen LogP) is 13.1. The Labute approximate surface area is 236 Å². The zero-order valence-corrected chi connectivity index (χ0v) is 26.7. The number of aliphatic hydroxyl groups is 1. The second kappa shape index (κ2) is 29.0. The molecule has 37 heavy (non-hydrogen) atoms. The van der Waals surface area contributed by atoms with Crippen LogP contribution in [0.1, 0.15) is 220 Å². The van der Waals surface area contributed by atoms with Crippen molar-refractivity contribution >= 4 is 0 Å². The molecule has 1 unspecified atom stereocenters. The maximum atomic E-state index is 12.2. The van der Waals surface area contributed by atoms with Crippen LogP contribution in [-0.4, -0.2) is 10.7 Å². The van der Waals surface area contributed by atoms with Crippen LogP contribution >= 0.6 is 0 Å². The van der Waals surface area contributed by atoms with Gasteiger partial charge in [-0.05, 0) is 31.6 Å². The van der Waals surface area contributed by atoms with Crippen LogP contribution in [0.15, 0.2) is 0 Å². The van der Waals surface area contributed by atoms with Crippen molar-refractivity contribution in [2.24, 2.45) is 5.92 Å². The van der Waals surface area contributed by atoms with Gasteiger partial charge in [-0.3, -0.25) is 0 Å². The molecule has 1 atom stereocenters. The summed E-state index contributed by atoms with van der Waals surface area (Å²) in [5.41, 5.74) is -0.403. The van der Waals surface area contributed by atoms with Gasteiger partial charge in [0.25, 0.3) is 0 Å². The molecular formula is C36H74O. The summed E-state index contributed by atoms with van der Waals surface area (Å²) in [6, 6.07) is 0. The van der Waals surface area contributed by atoms with E-state index in [2.05, 4.69) is 27.7 Å². The molecule has 0 fully saturated rings. The van der Waals surface area contributed by atoms with Crippen molar-refractivity contribution in [2.75, 3.05) is 0 Å². The molecule has 0 aromatic carbocycles. The van der Waals surface area contributed by atoms with Gasteiger partial charge in [-0.15, -0.1) is 0 Å². The Morgan fingerprint density at radius 1 is 0.351 bits per heavy atom. The Kier molecular flexibility index (Phi) is 28.9. The highest BCUT2D eigenvalue weighted by molar-refractivity contribution is 4.87. The SMILES string of the molecule is CCCCCCCCCCC(CCCCCCCC)C(O)(CCCCCCCC)CCCCCCCC. The van der Waals surface area contributed by atoms with E-state index in [-0.39, 0.29) is 0 Å². The number of rotatable bonds is 31. The first kappa shape index (κ1) is 37.0. The quantitative estimate of drug-likeness (QED) is 0.0897. The van der Waals surface area contributed by atoms with E-state index >= 15 is 0 Å². The first-order chi connectivity index (χ1) is 18.1. The minimum Gasteiger partial charge on any atom is -0.390 e. The van der Waals surface area contributed by atoms with Gasteiger partial charge in [0.15, 0.2) is 0 Å². The minimum absolute atomic E-state index is 0.403.